The molecule has 3 aromatic rings. The van der Waals surface area contributed by atoms with Crippen LogP contribution in [0, 0.1) is 11.8 Å². The maximum atomic E-state index is 11.8. The van der Waals surface area contributed by atoms with E-state index in [4.69, 9.17) is 15.2 Å². The summed E-state index contributed by atoms with van der Waals surface area (Å²) in [5, 5.41) is 7.64. The van der Waals surface area contributed by atoms with Crippen LogP contribution < -0.4 is 20.5 Å². The summed E-state index contributed by atoms with van der Waals surface area (Å²) in [6, 6.07) is 5.42. The minimum atomic E-state index is -0.392. The van der Waals surface area contributed by atoms with Crippen molar-refractivity contribution in [1.29, 1.82) is 0 Å². The minimum absolute atomic E-state index is 0.0316. The average Bonchev–Trinajstić information content (AvgIpc) is 3.16. The SMILES string of the molecule is COc1cc(Nc2nc3c(C4=CC(C(N)=O)C(C)C=C4)nccn3n2)cc(OC)c1. The predicted octanol–water partition coefficient (Wildman–Crippen LogP) is 2.58. The van der Waals surface area contributed by atoms with Gasteiger partial charge < -0.3 is 20.5 Å². The van der Waals surface area contributed by atoms with Crippen LogP contribution in [-0.2, 0) is 4.79 Å². The smallest absolute Gasteiger partial charge is 0.247 e. The largest absolute Gasteiger partial charge is 0.497 e. The molecule has 2 aromatic heterocycles. The topological polar surface area (TPSA) is 117 Å². The molecule has 4 rings (SSSR count). The van der Waals surface area contributed by atoms with Gasteiger partial charge in [0, 0.05) is 41.9 Å². The number of hydrogen-bond donors (Lipinski definition) is 2. The van der Waals surface area contributed by atoms with Gasteiger partial charge in [0.05, 0.1) is 20.1 Å². The van der Waals surface area contributed by atoms with E-state index in [1.807, 2.05) is 37.3 Å². The lowest BCUT2D eigenvalue weighted by Gasteiger charge is -2.19. The van der Waals surface area contributed by atoms with Crippen molar-refractivity contribution in [1.82, 2.24) is 19.6 Å². The second-order valence-electron chi connectivity index (χ2n) is 6.97. The van der Waals surface area contributed by atoms with E-state index < -0.39 is 5.92 Å². The number of aromatic nitrogens is 4. The number of allylic oxidation sites excluding steroid dienone is 3. The molecule has 2 heterocycles. The van der Waals surface area contributed by atoms with Gasteiger partial charge in [-0.15, -0.1) is 5.10 Å². The molecule has 0 fully saturated rings. The van der Waals surface area contributed by atoms with Gasteiger partial charge in [-0.25, -0.2) is 4.52 Å². The number of rotatable bonds is 6. The number of primary amides is 1. The van der Waals surface area contributed by atoms with Crippen LogP contribution in [0.3, 0.4) is 0 Å². The Kier molecular flexibility index (Phi) is 5.09. The Morgan fingerprint density at radius 3 is 2.60 bits per heavy atom. The van der Waals surface area contributed by atoms with Gasteiger partial charge >= 0.3 is 0 Å². The van der Waals surface area contributed by atoms with Crippen LogP contribution in [0.5, 0.6) is 11.5 Å². The molecule has 30 heavy (non-hydrogen) atoms. The normalized spacial score (nSPS) is 18.2. The summed E-state index contributed by atoms with van der Waals surface area (Å²) in [6.07, 6.45) is 9.07. The van der Waals surface area contributed by atoms with E-state index >= 15 is 0 Å². The highest BCUT2D eigenvalue weighted by atomic mass is 16.5. The lowest BCUT2D eigenvalue weighted by molar-refractivity contribution is -0.121. The quantitative estimate of drug-likeness (QED) is 0.646. The highest BCUT2D eigenvalue weighted by molar-refractivity contribution is 5.87. The van der Waals surface area contributed by atoms with Gasteiger partial charge in [-0.2, -0.15) is 4.98 Å². The number of anilines is 2. The van der Waals surface area contributed by atoms with Gasteiger partial charge in [-0.1, -0.05) is 25.2 Å². The van der Waals surface area contributed by atoms with Gasteiger partial charge in [-0.05, 0) is 5.92 Å². The Morgan fingerprint density at radius 1 is 1.20 bits per heavy atom. The lowest BCUT2D eigenvalue weighted by Crippen LogP contribution is -2.27. The molecular formula is C21H22N6O3. The number of carbonyl (C=O) groups excluding carboxylic acids is 1. The predicted molar refractivity (Wildman–Crippen MR) is 113 cm³/mol. The maximum Gasteiger partial charge on any atom is 0.247 e. The van der Waals surface area contributed by atoms with Gasteiger partial charge in [0.25, 0.3) is 0 Å². The summed E-state index contributed by atoms with van der Waals surface area (Å²) in [7, 11) is 3.18. The van der Waals surface area contributed by atoms with Crippen LogP contribution in [-0.4, -0.2) is 39.7 Å². The molecule has 0 spiro atoms. The molecule has 0 aliphatic heterocycles. The Labute approximate surface area is 173 Å². The van der Waals surface area contributed by atoms with Crippen molar-refractivity contribution in [3.8, 4) is 11.5 Å². The first kappa shape index (κ1) is 19.4. The molecule has 1 aliphatic carbocycles. The summed E-state index contributed by atoms with van der Waals surface area (Å²) in [5.74, 6) is 0.951. The van der Waals surface area contributed by atoms with E-state index in [1.54, 1.807) is 37.2 Å². The molecule has 2 atom stereocenters. The van der Waals surface area contributed by atoms with E-state index in [0.29, 0.717) is 28.8 Å². The molecular weight excluding hydrogens is 384 g/mol. The van der Waals surface area contributed by atoms with Crippen LogP contribution in [0.25, 0.3) is 11.2 Å². The van der Waals surface area contributed by atoms with Gasteiger partial charge in [0.2, 0.25) is 11.9 Å². The Balaban J connectivity index is 1.71. The number of nitrogens with zero attached hydrogens (tertiary/aromatic N) is 4. The highest BCUT2D eigenvalue weighted by Crippen LogP contribution is 2.30. The van der Waals surface area contributed by atoms with E-state index in [2.05, 4.69) is 20.4 Å². The molecule has 1 amide bonds. The molecule has 9 nitrogen and oxygen atoms in total. The van der Waals surface area contributed by atoms with E-state index in [0.717, 1.165) is 11.3 Å². The molecule has 0 saturated carbocycles. The molecule has 2 unspecified atom stereocenters. The second kappa shape index (κ2) is 7.86. The number of fused-ring (bicyclic) bond motifs is 1. The molecule has 154 valence electrons. The lowest BCUT2D eigenvalue weighted by atomic mass is 9.86. The van der Waals surface area contributed by atoms with Crippen molar-refractivity contribution in [3.63, 3.8) is 0 Å². The number of nitrogens with two attached hydrogens (primary N) is 1. The number of nitrogens with one attached hydrogen (secondary N) is 1. The third-order valence-corrected chi connectivity index (χ3v) is 4.97. The first-order chi connectivity index (χ1) is 14.5. The van der Waals surface area contributed by atoms with Crippen molar-refractivity contribution in [2.75, 3.05) is 19.5 Å². The highest BCUT2D eigenvalue weighted by Gasteiger charge is 2.24. The van der Waals surface area contributed by atoms with Crippen molar-refractivity contribution in [2.45, 2.75) is 6.92 Å². The molecule has 0 saturated heterocycles. The fourth-order valence-electron chi connectivity index (χ4n) is 3.36. The summed E-state index contributed by atoms with van der Waals surface area (Å²) >= 11 is 0. The zero-order valence-electron chi connectivity index (χ0n) is 16.9. The molecule has 3 N–H and O–H groups in total. The number of benzene rings is 1. The molecule has 1 aliphatic rings. The monoisotopic (exact) mass is 406 g/mol. The third kappa shape index (κ3) is 3.69. The van der Waals surface area contributed by atoms with Crippen molar-refractivity contribution < 1.29 is 14.3 Å². The van der Waals surface area contributed by atoms with Crippen LogP contribution in [0.15, 0.2) is 48.8 Å². The number of amides is 1. The van der Waals surface area contributed by atoms with E-state index in [1.165, 1.54) is 0 Å². The Morgan fingerprint density at radius 2 is 1.93 bits per heavy atom. The van der Waals surface area contributed by atoms with Gasteiger partial charge in [-0.3, -0.25) is 9.78 Å². The average molecular weight is 406 g/mol. The first-order valence-corrected chi connectivity index (χ1v) is 9.39. The molecule has 0 bridgehead atoms. The van der Waals surface area contributed by atoms with Gasteiger partial charge in [0.1, 0.15) is 17.2 Å². The Bertz CT molecular complexity index is 1140. The first-order valence-electron chi connectivity index (χ1n) is 9.39. The van der Waals surface area contributed by atoms with Crippen molar-refractivity contribution >= 4 is 28.8 Å². The number of ether oxygens (including phenoxy) is 2. The zero-order valence-corrected chi connectivity index (χ0v) is 16.9. The number of carbonyl (C=O) groups is 1. The fraction of sp³-hybridized carbons (Fsp3) is 0.238. The van der Waals surface area contributed by atoms with Crippen LogP contribution in [0.1, 0.15) is 12.6 Å². The van der Waals surface area contributed by atoms with E-state index in [9.17, 15) is 4.79 Å². The van der Waals surface area contributed by atoms with Gasteiger partial charge in [0.15, 0.2) is 5.65 Å². The standard InChI is InChI=1S/C21H22N6O3/c1-12-4-5-13(8-17(12)19(22)28)18-20-25-21(26-27(20)7-6-23-18)24-14-9-15(29-2)11-16(10-14)30-3/h4-12,17H,1-3H3,(H2,22,28)(H,24,26). The summed E-state index contributed by atoms with van der Waals surface area (Å²) in [5.41, 5.74) is 8.23. The fourth-order valence-corrected chi connectivity index (χ4v) is 3.36. The summed E-state index contributed by atoms with van der Waals surface area (Å²) in [4.78, 5) is 20.8. The number of methoxy groups -OCH3 is 2. The Hall–Kier alpha value is -3.88. The maximum absolute atomic E-state index is 11.8. The summed E-state index contributed by atoms with van der Waals surface area (Å²) in [6.45, 7) is 1.95. The van der Waals surface area contributed by atoms with Crippen LogP contribution in [0.2, 0.25) is 0 Å². The number of hydrogen-bond acceptors (Lipinski definition) is 7. The van der Waals surface area contributed by atoms with Crippen LogP contribution >= 0.6 is 0 Å². The van der Waals surface area contributed by atoms with E-state index in [-0.39, 0.29) is 11.8 Å². The second-order valence-corrected chi connectivity index (χ2v) is 6.97. The zero-order chi connectivity index (χ0) is 21.3. The summed E-state index contributed by atoms with van der Waals surface area (Å²) < 4.78 is 12.2. The third-order valence-electron chi connectivity index (χ3n) is 4.97. The minimum Gasteiger partial charge on any atom is -0.497 e. The van der Waals surface area contributed by atoms with Crippen LogP contribution in [0.4, 0.5) is 11.6 Å². The molecule has 0 radical (unpaired) electrons. The van der Waals surface area contributed by atoms with Crippen molar-refractivity contribution in [3.05, 3.63) is 54.5 Å². The van der Waals surface area contributed by atoms with Crippen molar-refractivity contribution in [2.24, 2.45) is 17.6 Å². The molecule has 1 aromatic carbocycles. The molecule has 9 heteroatoms.